The first-order valence-electron chi connectivity index (χ1n) is 8.79. The molecule has 1 aliphatic heterocycles. The minimum atomic E-state index is -1.38. The van der Waals surface area contributed by atoms with Gasteiger partial charge in [0.1, 0.15) is 0 Å². The van der Waals surface area contributed by atoms with Crippen molar-refractivity contribution in [3.63, 3.8) is 0 Å². The molecular formula is C20H21FN2O5. The van der Waals surface area contributed by atoms with E-state index in [1.807, 2.05) is 12.1 Å². The van der Waals surface area contributed by atoms with Gasteiger partial charge in [-0.1, -0.05) is 6.07 Å². The zero-order valence-electron chi connectivity index (χ0n) is 15.4. The number of morpholine rings is 1. The van der Waals surface area contributed by atoms with Crippen LogP contribution in [0.2, 0.25) is 0 Å². The van der Waals surface area contributed by atoms with E-state index in [2.05, 4.69) is 10.2 Å². The minimum absolute atomic E-state index is 0.00193. The van der Waals surface area contributed by atoms with Gasteiger partial charge in [-0.15, -0.1) is 0 Å². The summed E-state index contributed by atoms with van der Waals surface area (Å²) in [4.78, 5) is 26.3. The van der Waals surface area contributed by atoms with Crippen LogP contribution in [-0.4, -0.2) is 50.4 Å². The molecular weight excluding hydrogens is 367 g/mol. The molecule has 3 rings (SSSR count). The number of rotatable bonds is 6. The largest absolute Gasteiger partial charge is 0.494 e. The van der Waals surface area contributed by atoms with Crippen molar-refractivity contribution in [2.24, 2.45) is 0 Å². The van der Waals surface area contributed by atoms with E-state index in [4.69, 9.17) is 9.47 Å². The highest BCUT2D eigenvalue weighted by Crippen LogP contribution is 2.23. The van der Waals surface area contributed by atoms with Crippen LogP contribution in [0.5, 0.6) is 5.75 Å². The van der Waals surface area contributed by atoms with E-state index in [1.165, 1.54) is 19.2 Å². The first kappa shape index (κ1) is 19.6. The third-order valence-corrected chi connectivity index (χ3v) is 4.54. The average Bonchev–Trinajstić information content (AvgIpc) is 2.72. The Labute approximate surface area is 161 Å². The van der Waals surface area contributed by atoms with Crippen LogP contribution in [0.1, 0.15) is 22.0 Å². The molecule has 0 aromatic heterocycles. The van der Waals surface area contributed by atoms with Gasteiger partial charge in [0, 0.05) is 24.3 Å². The lowest BCUT2D eigenvalue weighted by atomic mass is 10.1. The summed E-state index contributed by atoms with van der Waals surface area (Å²) in [7, 11) is 1.31. The molecule has 1 aliphatic rings. The van der Waals surface area contributed by atoms with E-state index >= 15 is 0 Å². The van der Waals surface area contributed by atoms with Crippen LogP contribution in [-0.2, 0) is 9.53 Å². The number of benzene rings is 2. The van der Waals surface area contributed by atoms with Crippen molar-refractivity contribution in [2.45, 2.75) is 6.04 Å². The summed E-state index contributed by atoms with van der Waals surface area (Å²) in [6.45, 7) is 2.85. The zero-order valence-corrected chi connectivity index (χ0v) is 15.4. The molecule has 2 aromatic carbocycles. The van der Waals surface area contributed by atoms with E-state index in [0.29, 0.717) is 18.8 Å². The second-order valence-corrected chi connectivity index (χ2v) is 6.28. The monoisotopic (exact) mass is 388 g/mol. The summed E-state index contributed by atoms with van der Waals surface area (Å²) in [5.74, 6) is -2.55. The third-order valence-electron chi connectivity index (χ3n) is 4.54. The normalized spacial score (nSPS) is 15.0. The molecule has 7 nitrogen and oxygen atoms in total. The van der Waals surface area contributed by atoms with E-state index in [0.717, 1.165) is 24.8 Å². The number of carboxylic acid groups (broad SMARTS) is 1. The van der Waals surface area contributed by atoms with Crippen molar-refractivity contribution in [3.8, 4) is 5.75 Å². The molecule has 2 N–H and O–H groups in total. The van der Waals surface area contributed by atoms with Gasteiger partial charge in [0.15, 0.2) is 17.6 Å². The van der Waals surface area contributed by atoms with Crippen molar-refractivity contribution in [1.29, 1.82) is 0 Å². The van der Waals surface area contributed by atoms with Gasteiger partial charge in [-0.25, -0.2) is 9.18 Å². The molecule has 8 heteroatoms. The highest BCUT2D eigenvalue weighted by atomic mass is 19.1. The average molecular weight is 388 g/mol. The van der Waals surface area contributed by atoms with Crippen molar-refractivity contribution in [3.05, 3.63) is 59.4 Å². The summed E-state index contributed by atoms with van der Waals surface area (Å²) in [6, 6.07) is 9.27. The summed E-state index contributed by atoms with van der Waals surface area (Å²) in [5, 5.41) is 11.9. The smallest absolute Gasteiger partial charge is 0.330 e. The number of anilines is 1. The molecule has 0 aliphatic carbocycles. The molecule has 1 heterocycles. The molecule has 1 atom stereocenters. The van der Waals surface area contributed by atoms with Crippen molar-refractivity contribution in [2.75, 3.05) is 38.3 Å². The fourth-order valence-electron chi connectivity index (χ4n) is 3.01. The van der Waals surface area contributed by atoms with E-state index in [9.17, 15) is 19.1 Å². The van der Waals surface area contributed by atoms with Crippen LogP contribution in [0.25, 0.3) is 0 Å². The minimum Gasteiger partial charge on any atom is -0.494 e. The maximum absolute atomic E-state index is 13.9. The fourth-order valence-corrected chi connectivity index (χ4v) is 3.01. The van der Waals surface area contributed by atoms with Crippen LogP contribution in [0, 0.1) is 5.82 Å². The molecule has 1 saturated heterocycles. The number of nitrogens with zero attached hydrogens (tertiary/aromatic N) is 1. The number of carboxylic acids is 1. The molecule has 148 valence electrons. The fraction of sp³-hybridized carbons (Fsp3) is 0.300. The second kappa shape index (κ2) is 8.71. The van der Waals surface area contributed by atoms with Gasteiger partial charge in [-0.05, 0) is 42.0 Å². The molecule has 0 bridgehead atoms. The van der Waals surface area contributed by atoms with E-state index in [-0.39, 0.29) is 11.3 Å². The van der Waals surface area contributed by atoms with Gasteiger partial charge in [0.2, 0.25) is 0 Å². The number of hydrogen-bond donors (Lipinski definition) is 2. The second-order valence-electron chi connectivity index (χ2n) is 6.28. The lowest BCUT2D eigenvalue weighted by Gasteiger charge is -2.28. The molecule has 0 spiro atoms. The Morgan fingerprint density at radius 2 is 1.86 bits per heavy atom. The zero-order chi connectivity index (χ0) is 20.1. The van der Waals surface area contributed by atoms with Gasteiger partial charge < -0.3 is 24.8 Å². The van der Waals surface area contributed by atoms with Gasteiger partial charge in [-0.3, -0.25) is 4.79 Å². The van der Waals surface area contributed by atoms with E-state index < -0.39 is 23.7 Å². The number of methoxy groups -OCH3 is 1. The van der Waals surface area contributed by atoms with Crippen LogP contribution < -0.4 is 15.0 Å². The molecule has 1 fully saturated rings. The Kier molecular flexibility index (Phi) is 6.10. The molecule has 0 saturated carbocycles. The number of hydrogen-bond acceptors (Lipinski definition) is 5. The van der Waals surface area contributed by atoms with Crippen LogP contribution >= 0.6 is 0 Å². The topological polar surface area (TPSA) is 88.1 Å². The lowest BCUT2D eigenvalue weighted by molar-refractivity contribution is -0.139. The van der Waals surface area contributed by atoms with Crippen molar-refractivity contribution >= 4 is 17.6 Å². The molecule has 2 aromatic rings. The Morgan fingerprint density at radius 3 is 2.43 bits per heavy atom. The predicted octanol–water partition coefficient (Wildman–Crippen LogP) is 2.23. The number of amides is 1. The number of aliphatic carboxylic acids is 1. The van der Waals surface area contributed by atoms with Crippen LogP contribution in [0.3, 0.4) is 0 Å². The number of carbonyl (C=O) groups is 2. The van der Waals surface area contributed by atoms with Crippen molar-refractivity contribution in [1.82, 2.24) is 5.32 Å². The summed E-state index contributed by atoms with van der Waals surface area (Å²) in [5.41, 5.74) is 1.40. The highest BCUT2D eigenvalue weighted by Gasteiger charge is 2.24. The standard InChI is InChI=1S/C20H21FN2O5/c1-27-17-7-4-14(12-16(17)21)18(20(25)26)22-19(24)13-2-5-15(6-3-13)23-8-10-28-11-9-23/h2-7,12,18H,8-11H2,1H3,(H,22,24)(H,25,26). The van der Waals surface area contributed by atoms with Crippen LogP contribution in [0.15, 0.2) is 42.5 Å². The maximum atomic E-state index is 13.9. The SMILES string of the molecule is COc1ccc(C(NC(=O)c2ccc(N3CCOCC3)cc2)C(=O)O)cc1F. The summed E-state index contributed by atoms with van der Waals surface area (Å²) < 4.78 is 24.1. The quantitative estimate of drug-likeness (QED) is 0.789. The molecule has 0 radical (unpaired) electrons. The number of carbonyl (C=O) groups excluding carboxylic acids is 1. The number of halogens is 1. The Bertz CT molecular complexity index is 850. The number of nitrogens with one attached hydrogen (secondary N) is 1. The summed E-state index contributed by atoms with van der Waals surface area (Å²) in [6.07, 6.45) is 0. The summed E-state index contributed by atoms with van der Waals surface area (Å²) >= 11 is 0. The number of ether oxygens (including phenoxy) is 2. The van der Waals surface area contributed by atoms with Gasteiger partial charge in [0.25, 0.3) is 5.91 Å². The first-order valence-corrected chi connectivity index (χ1v) is 8.79. The van der Waals surface area contributed by atoms with Gasteiger partial charge >= 0.3 is 5.97 Å². The van der Waals surface area contributed by atoms with Crippen LogP contribution in [0.4, 0.5) is 10.1 Å². The Balaban J connectivity index is 1.73. The molecule has 28 heavy (non-hydrogen) atoms. The van der Waals surface area contributed by atoms with Gasteiger partial charge in [0.05, 0.1) is 20.3 Å². The highest BCUT2D eigenvalue weighted by molar-refractivity contribution is 5.97. The van der Waals surface area contributed by atoms with Gasteiger partial charge in [-0.2, -0.15) is 0 Å². The maximum Gasteiger partial charge on any atom is 0.330 e. The van der Waals surface area contributed by atoms with E-state index in [1.54, 1.807) is 12.1 Å². The Hall–Kier alpha value is -3.13. The van der Waals surface area contributed by atoms with Crippen molar-refractivity contribution < 1.29 is 28.6 Å². The Morgan fingerprint density at radius 1 is 1.18 bits per heavy atom. The molecule has 1 unspecified atom stereocenters. The molecule has 1 amide bonds. The predicted molar refractivity (Wildman–Crippen MR) is 100 cm³/mol. The lowest BCUT2D eigenvalue weighted by Crippen LogP contribution is -2.36. The third kappa shape index (κ3) is 4.40. The first-order chi connectivity index (χ1) is 13.5.